The minimum atomic E-state index is -0.139. The summed E-state index contributed by atoms with van der Waals surface area (Å²) >= 11 is 4.89. The van der Waals surface area contributed by atoms with Crippen LogP contribution in [-0.4, -0.2) is 75.8 Å². The molecule has 2 atom stereocenters. The summed E-state index contributed by atoms with van der Waals surface area (Å²) < 4.78 is 0. The summed E-state index contributed by atoms with van der Waals surface area (Å²) in [5, 5.41) is 10.1. The van der Waals surface area contributed by atoms with E-state index in [4.69, 9.17) is 0 Å². The van der Waals surface area contributed by atoms with E-state index in [0.29, 0.717) is 11.2 Å². The van der Waals surface area contributed by atoms with Gasteiger partial charge in [-0.2, -0.15) is 0 Å². The molecule has 6 aliphatic rings. The van der Waals surface area contributed by atoms with Crippen LogP contribution in [0, 0.1) is 11.8 Å². The Morgan fingerprint density at radius 3 is 1.60 bits per heavy atom. The Balaban J connectivity index is 0.000000153. The minimum absolute atomic E-state index is 0.00694. The van der Waals surface area contributed by atoms with Crippen molar-refractivity contribution in [3.05, 3.63) is 0 Å². The predicted octanol–water partition coefficient (Wildman–Crippen LogP) is 1.90. The molecule has 0 aromatic rings. The Hall–Kier alpha value is -0.0800. The van der Waals surface area contributed by atoms with Crippen LogP contribution in [0.4, 0.5) is 0 Å². The molecule has 6 heterocycles. The maximum atomic E-state index is 10.9. The molecule has 7 heteroatoms. The Kier molecular flexibility index (Phi) is 8.75. The molecule has 2 unspecified atom stereocenters. The van der Waals surface area contributed by atoms with E-state index in [1.54, 1.807) is 18.7 Å². The topological polar surface area (TPSA) is 60.9 Å². The average molecular weight is 389 g/mol. The Morgan fingerprint density at radius 1 is 0.920 bits per heavy atom. The molecule has 5 nitrogen and oxygen atoms in total. The van der Waals surface area contributed by atoms with E-state index in [1.807, 2.05) is 0 Å². The van der Waals surface area contributed by atoms with Crippen LogP contribution in [-0.2, 0) is 9.59 Å². The lowest BCUT2D eigenvalue weighted by Crippen LogP contribution is -2.50. The molecule has 144 valence electrons. The maximum absolute atomic E-state index is 10.9. The molecule has 0 aromatic heterocycles. The van der Waals surface area contributed by atoms with Gasteiger partial charge in [-0.25, -0.2) is 0 Å². The van der Waals surface area contributed by atoms with Gasteiger partial charge in [0.2, 0.25) is 0 Å². The molecule has 0 amide bonds. The Bertz CT molecular complexity index is 444. The molecule has 0 saturated carbocycles. The number of hydrogen-bond donors (Lipinski definition) is 2. The van der Waals surface area contributed by atoms with Crippen LogP contribution >= 0.6 is 24.4 Å². The number of aliphatic hydroxyl groups is 1. The highest BCUT2D eigenvalue weighted by Crippen LogP contribution is 2.35. The second-order valence-corrected chi connectivity index (χ2v) is 9.56. The highest BCUT2D eigenvalue weighted by molar-refractivity contribution is 8.14. The van der Waals surface area contributed by atoms with Crippen molar-refractivity contribution >= 4 is 34.6 Å². The van der Waals surface area contributed by atoms with Crippen molar-refractivity contribution in [3.8, 4) is 0 Å². The number of thioether (sulfide) groups is 1. The van der Waals surface area contributed by atoms with Crippen LogP contribution in [0.1, 0.15) is 39.5 Å². The SMILES string of the molecule is CC(=O)S.CC(=O)SC1CN2CCC1CC2.OC1CN2CCC1CC2. The van der Waals surface area contributed by atoms with E-state index in [9.17, 15) is 14.7 Å². The smallest absolute Gasteiger partial charge is 0.186 e. The first-order valence-corrected chi connectivity index (χ1v) is 10.7. The molecule has 0 spiro atoms. The summed E-state index contributed by atoms with van der Waals surface area (Å²) in [4.78, 5) is 25.1. The van der Waals surface area contributed by atoms with Gasteiger partial charge in [0.15, 0.2) is 10.2 Å². The van der Waals surface area contributed by atoms with E-state index >= 15 is 0 Å². The number of piperidine rings is 6. The molecule has 6 rings (SSSR count). The van der Waals surface area contributed by atoms with Gasteiger partial charge in [0.25, 0.3) is 0 Å². The third kappa shape index (κ3) is 7.21. The summed E-state index contributed by atoms with van der Waals surface area (Å²) in [6.07, 6.45) is 5.06. The molecule has 6 aliphatic heterocycles. The van der Waals surface area contributed by atoms with Crippen molar-refractivity contribution in [2.75, 3.05) is 39.3 Å². The first-order chi connectivity index (χ1) is 11.8. The normalized spacial score (nSPS) is 38.1. The van der Waals surface area contributed by atoms with Gasteiger partial charge in [0.1, 0.15) is 0 Å². The van der Waals surface area contributed by atoms with Gasteiger partial charge in [-0.1, -0.05) is 11.8 Å². The second-order valence-electron chi connectivity index (χ2n) is 7.51. The number of fused-ring (bicyclic) bond motifs is 6. The molecule has 0 radical (unpaired) electrons. The zero-order chi connectivity index (χ0) is 18.4. The van der Waals surface area contributed by atoms with Gasteiger partial charge in [-0.3, -0.25) is 9.59 Å². The van der Waals surface area contributed by atoms with Crippen LogP contribution in [0.15, 0.2) is 0 Å². The molecular weight excluding hydrogens is 356 g/mol. The first kappa shape index (κ1) is 21.2. The van der Waals surface area contributed by atoms with E-state index in [-0.39, 0.29) is 16.3 Å². The molecule has 6 saturated heterocycles. The fourth-order valence-electron chi connectivity index (χ4n) is 4.19. The number of nitrogens with zero attached hydrogens (tertiary/aromatic N) is 2. The largest absolute Gasteiger partial charge is 0.392 e. The molecule has 1 N–H and O–H groups in total. The molecule has 25 heavy (non-hydrogen) atoms. The molecular formula is C18H32N2O3S2. The average Bonchev–Trinajstić information content (AvgIpc) is 2.56. The highest BCUT2D eigenvalue weighted by atomic mass is 32.2. The van der Waals surface area contributed by atoms with Crippen LogP contribution < -0.4 is 0 Å². The third-order valence-electron chi connectivity index (χ3n) is 5.54. The van der Waals surface area contributed by atoms with Gasteiger partial charge >= 0.3 is 0 Å². The molecule has 4 bridgehead atoms. The minimum Gasteiger partial charge on any atom is -0.392 e. The summed E-state index contributed by atoms with van der Waals surface area (Å²) in [7, 11) is 0. The lowest BCUT2D eigenvalue weighted by Gasteiger charge is -2.44. The summed E-state index contributed by atoms with van der Waals surface area (Å²) in [6, 6.07) is 0. The fraction of sp³-hybridized carbons (Fsp3) is 0.889. The van der Waals surface area contributed by atoms with Crippen LogP contribution in [0.5, 0.6) is 0 Å². The quantitative estimate of drug-likeness (QED) is 0.669. The number of aliphatic hydroxyl groups excluding tert-OH is 1. The van der Waals surface area contributed by atoms with E-state index < -0.39 is 0 Å². The molecule has 0 aliphatic carbocycles. The van der Waals surface area contributed by atoms with E-state index in [0.717, 1.165) is 19.0 Å². The Labute approximate surface area is 161 Å². The predicted molar refractivity (Wildman–Crippen MR) is 106 cm³/mol. The molecule has 6 fully saturated rings. The van der Waals surface area contributed by atoms with E-state index in [2.05, 4.69) is 22.4 Å². The van der Waals surface area contributed by atoms with Crippen LogP contribution in [0.3, 0.4) is 0 Å². The monoisotopic (exact) mass is 388 g/mol. The van der Waals surface area contributed by atoms with Crippen molar-refractivity contribution < 1.29 is 14.7 Å². The third-order valence-corrected chi connectivity index (χ3v) is 6.70. The van der Waals surface area contributed by atoms with Crippen LogP contribution in [0.25, 0.3) is 0 Å². The van der Waals surface area contributed by atoms with Gasteiger partial charge < -0.3 is 14.9 Å². The number of carbonyl (C=O) groups excluding carboxylic acids is 2. The first-order valence-electron chi connectivity index (χ1n) is 9.34. The maximum Gasteiger partial charge on any atom is 0.186 e. The van der Waals surface area contributed by atoms with Crippen molar-refractivity contribution in [1.82, 2.24) is 9.80 Å². The zero-order valence-corrected chi connectivity index (χ0v) is 17.1. The fourth-order valence-corrected chi connectivity index (χ4v) is 5.37. The van der Waals surface area contributed by atoms with Crippen LogP contribution in [0.2, 0.25) is 0 Å². The number of thiol groups is 1. The highest BCUT2D eigenvalue weighted by Gasteiger charge is 2.35. The van der Waals surface area contributed by atoms with Crippen molar-refractivity contribution in [3.63, 3.8) is 0 Å². The summed E-state index contributed by atoms with van der Waals surface area (Å²) in [5.74, 6) is 1.46. The molecule has 0 aromatic carbocycles. The number of hydrogen-bond acceptors (Lipinski definition) is 6. The lowest BCUT2D eigenvalue weighted by atomic mass is 9.86. The second kappa shape index (κ2) is 10.3. The van der Waals surface area contributed by atoms with Crippen molar-refractivity contribution in [2.24, 2.45) is 11.8 Å². The standard InChI is InChI=1S/C9H15NOS.C7H13NO.C2H4OS/c1-7(11)12-9-6-10-4-2-8(9)3-5-10;9-7-5-8-3-1-6(7)2-4-8;1-2(3)4/h8-9H,2-6H2,1H3;6-7,9H,1-5H2;1H3,(H,3,4). The summed E-state index contributed by atoms with van der Waals surface area (Å²) in [5.41, 5.74) is 0. The summed E-state index contributed by atoms with van der Waals surface area (Å²) in [6.45, 7) is 10.1. The Morgan fingerprint density at radius 2 is 1.36 bits per heavy atom. The van der Waals surface area contributed by atoms with Gasteiger partial charge in [-0.05, 0) is 63.7 Å². The van der Waals surface area contributed by atoms with Crippen molar-refractivity contribution in [1.29, 1.82) is 0 Å². The van der Waals surface area contributed by atoms with E-state index in [1.165, 1.54) is 58.8 Å². The zero-order valence-electron chi connectivity index (χ0n) is 15.4. The van der Waals surface area contributed by atoms with Gasteiger partial charge in [-0.15, -0.1) is 12.6 Å². The van der Waals surface area contributed by atoms with Crippen molar-refractivity contribution in [2.45, 2.75) is 50.9 Å². The van der Waals surface area contributed by atoms with Gasteiger partial charge in [0.05, 0.1) is 6.10 Å². The van der Waals surface area contributed by atoms with Gasteiger partial charge in [0, 0.05) is 32.2 Å². The number of rotatable bonds is 1. The lowest BCUT2D eigenvalue weighted by molar-refractivity contribution is -0.109. The number of carbonyl (C=O) groups is 2.